The van der Waals surface area contributed by atoms with Crippen LogP contribution >= 0.6 is 0 Å². The minimum atomic E-state index is -0.218. The molecule has 80 valence electrons. The molecule has 1 heterocycles. The normalized spacial score (nSPS) is 39.1. The van der Waals surface area contributed by atoms with Crippen LogP contribution in [0.4, 0.5) is 0 Å². The molecule has 3 heteroatoms. The van der Waals surface area contributed by atoms with Crippen LogP contribution in [0, 0.1) is 5.92 Å². The zero-order valence-electron chi connectivity index (χ0n) is 8.91. The van der Waals surface area contributed by atoms with Crippen LogP contribution in [0.2, 0.25) is 0 Å². The summed E-state index contributed by atoms with van der Waals surface area (Å²) < 4.78 is 0. The van der Waals surface area contributed by atoms with Crippen LogP contribution in [0.3, 0.4) is 0 Å². The average Bonchev–Trinajstić information content (AvgIpc) is 2.49. The predicted molar refractivity (Wildman–Crippen MR) is 55.7 cm³/mol. The van der Waals surface area contributed by atoms with Crippen LogP contribution in [0.25, 0.3) is 0 Å². The molecule has 3 unspecified atom stereocenters. The van der Waals surface area contributed by atoms with Crippen LogP contribution in [-0.4, -0.2) is 29.4 Å². The molecule has 2 aliphatic rings. The lowest BCUT2D eigenvalue weighted by Crippen LogP contribution is -2.45. The fraction of sp³-hybridized carbons (Fsp3) is 0.909. The summed E-state index contributed by atoms with van der Waals surface area (Å²) in [6.07, 6.45) is 5.89. The number of hydrogen-bond acceptors (Lipinski definition) is 2. The van der Waals surface area contributed by atoms with Gasteiger partial charge in [0.15, 0.2) is 0 Å². The maximum absolute atomic E-state index is 11.8. The maximum atomic E-state index is 11.8. The smallest absolute Gasteiger partial charge is 0.239 e. The molecule has 0 aromatic heterocycles. The van der Waals surface area contributed by atoms with Crippen LogP contribution in [0.15, 0.2) is 0 Å². The summed E-state index contributed by atoms with van der Waals surface area (Å²) in [5.41, 5.74) is 5.73. The van der Waals surface area contributed by atoms with Gasteiger partial charge in [0, 0.05) is 12.6 Å². The van der Waals surface area contributed by atoms with Crippen molar-refractivity contribution in [3.05, 3.63) is 0 Å². The highest BCUT2D eigenvalue weighted by molar-refractivity contribution is 5.84. The van der Waals surface area contributed by atoms with E-state index in [1.165, 1.54) is 25.7 Å². The molecule has 0 spiro atoms. The van der Waals surface area contributed by atoms with E-state index < -0.39 is 0 Å². The average molecular weight is 196 g/mol. The quantitative estimate of drug-likeness (QED) is 0.683. The highest BCUT2D eigenvalue weighted by Gasteiger charge is 2.36. The standard InChI is InChI=1S/C11H20N2O/c1-8-4-2-3-5-10(8)13-7-6-9(12)11(13)14/h8-10H,2-7,12H2,1H3. The summed E-state index contributed by atoms with van der Waals surface area (Å²) in [6.45, 7) is 3.15. The first-order chi connectivity index (χ1) is 6.70. The molecule has 0 bridgehead atoms. The zero-order chi connectivity index (χ0) is 10.1. The second-order valence-electron chi connectivity index (χ2n) is 4.76. The van der Waals surface area contributed by atoms with Crippen LogP contribution in [-0.2, 0) is 4.79 Å². The Morgan fingerprint density at radius 3 is 2.57 bits per heavy atom. The number of carbonyl (C=O) groups is 1. The van der Waals surface area contributed by atoms with Crippen LogP contribution in [0.1, 0.15) is 39.0 Å². The first-order valence-corrected chi connectivity index (χ1v) is 5.76. The van der Waals surface area contributed by atoms with E-state index in [-0.39, 0.29) is 11.9 Å². The fourth-order valence-corrected chi connectivity index (χ4v) is 2.81. The molecule has 0 aromatic rings. The van der Waals surface area contributed by atoms with Gasteiger partial charge in [0.05, 0.1) is 6.04 Å². The molecule has 2 N–H and O–H groups in total. The van der Waals surface area contributed by atoms with E-state index in [0.717, 1.165) is 13.0 Å². The first-order valence-electron chi connectivity index (χ1n) is 5.76. The zero-order valence-corrected chi connectivity index (χ0v) is 8.91. The SMILES string of the molecule is CC1CCCCC1N1CCC(N)C1=O. The Hall–Kier alpha value is -0.570. The monoisotopic (exact) mass is 196 g/mol. The van der Waals surface area contributed by atoms with Gasteiger partial charge in [0.2, 0.25) is 5.91 Å². The van der Waals surface area contributed by atoms with Gasteiger partial charge < -0.3 is 10.6 Å². The minimum absolute atomic E-state index is 0.184. The molecule has 2 rings (SSSR count). The fourth-order valence-electron chi connectivity index (χ4n) is 2.81. The minimum Gasteiger partial charge on any atom is -0.338 e. The van der Waals surface area contributed by atoms with Crippen molar-refractivity contribution in [3.8, 4) is 0 Å². The number of nitrogens with zero attached hydrogens (tertiary/aromatic N) is 1. The van der Waals surface area contributed by atoms with Gasteiger partial charge in [-0.05, 0) is 25.2 Å². The Bertz CT molecular complexity index is 229. The summed E-state index contributed by atoms with van der Waals surface area (Å²) in [4.78, 5) is 13.8. The van der Waals surface area contributed by atoms with E-state index in [9.17, 15) is 4.79 Å². The molecule has 3 atom stereocenters. The number of likely N-dealkylation sites (tertiary alicyclic amines) is 1. The highest BCUT2D eigenvalue weighted by atomic mass is 16.2. The Morgan fingerprint density at radius 1 is 1.29 bits per heavy atom. The van der Waals surface area contributed by atoms with E-state index in [1.807, 2.05) is 4.90 Å². The molecule has 2 fully saturated rings. The lowest BCUT2D eigenvalue weighted by Gasteiger charge is -2.36. The second kappa shape index (κ2) is 3.89. The van der Waals surface area contributed by atoms with Gasteiger partial charge in [-0.15, -0.1) is 0 Å². The predicted octanol–water partition coefficient (Wildman–Crippen LogP) is 1.12. The molecular formula is C11H20N2O. The van der Waals surface area contributed by atoms with Crippen molar-refractivity contribution in [3.63, 3.8) is 0 Å². The van der Waals surface area contributed by atoms with Crippen molar-refractivity contribution >= 4 is 5.91 Å². The molecule has 3 nitrogen and oxygen atoms in total. The Kier molecular flexibility index (Phi) is 2.77. The third kappa shape index (κ3) is 1.65. The largest absolute Gasteiger partial charge is 0.338 e. The van der Waals surface area contributed by atoms with E-state index in [4.69, 9.17) is 5.73 Å². The third-order valence-corrected chi connectivity index (χ3v) is 3.75. The summed E-state index contributed by atoms with van der Waals surface area (Å²) in [7, 11) is 0. The molecule has 0 aromatic carbocycles. The Morgan fingerprint density at radius 2 is 2.00 bits per heavy atom. The second-order valence-corrected chi connectivity index (χ2v) is 4.76. The third-order valence-electron chi connectivity index (χ3n) is 3.75. The number of nitrogens with two attached hydrogens (primary N) is 1. The van der Waals surface area contributed by atoms with E-state index in [0.29, 0.717) is 12.0 Å². The molecule has 1 aliphatic carbocycles. The van der Waals surface area contributed by atoms with E-state index in [2.05, 4.69) is 6.92 Å². The molecule has 0 radical (unpaired) electrons. The molecule has 1 amide bonds. The number of amides is 1. The summed E-state index contributed by atoms with van der Waals surface area (Å²) >= 11 is 0. The van der Waals surface area contributed by atoms with Crippen molar-refractivity contribution in [2.24, 2.45) is 11.7 Å². The molecule has 14 heavy (non-hydrogen) atoms. The van der Waals surface area contributed by atoms with Crippen molar-refractivity contribution < 1.29 is 4.79 Å². The summed E-state index contributed by atoms with van der Waals surface area (Å²) in [5, 5.41) is 0. The van der Waals surface area contributed by atoms with Gasteiger partial charge in [0.1, 0.15) is 0 Å². The van der Waals surface area contributed by atoms with Gasteiger partial charge in [-0.25, -0.2) is 0 Å². The van der Waals surface area contributed by atoms with Gasteiger partial charge in [-0.2, -0.15) is 0 Å². The Balaban J connectivity index is 2.03. The van der Waals surface area contributed by atoms with Crippen LogP contribution < -0.4 is 5.73 Å². The molecule has 1 saturated heterocycles. The van der Waals surface area contributed by atoms with Gasteiger partial charge in [-0.3, -0.25) is 4.79 Å². The molecule has 1 saturated carbocycles. The number of hydrogen-bond donors (Lipinski definition) is 1. The van der Waals surface area contributed by atoms with Crippen molar-refractivity contribution in [1.29, 1.82) is 0 Å². The van der Waals surface area contributed by atoms with Crippen molar-refractivity contribution in [2.45, 2.75) is 51.1 Å². The van der Waals surface area contributed by atoms with Gasteiger partial charge in [0.25, 0.3) is 0 Å². The summed E-state index contributed by atoms with van der Waals surface area (Å²) in [5.74, 6) is 0.849. The summed E-state index contributed by atoms with van der Waals surface area (Å²) in [6, 6.07) is 0.258. The highest BCUT2D eigenvalue weighted by Crippen LogP contribution is 2.30. The molecular weight excluding hydrogens is 176 g/mol. The maximum Gasteiger partial charge on any atom is 0.239 e. The van der Waals surface area contributed by atoms with Crippen molar-refractivity contribution in [1.82, 2.24) is 4.90 Å². The van der Waals surface area contributed by atoms with Crippen LogP contribution in [0.5, 0.6) is 0 Å². The van der Waals surface area contributed by atoms with E-state index in [1.54, 1.807) is 0 Å². The first kappa shape index (κ1) is 9.97. The molecule has 1 aliphatic heterocycles. The Labute approximate surface area is 85.6 Å². The number of rotatable bonds is 1. The lowest BCUT2D eigenvalue weighted by molar-refractivity contribution is -0.132. The van der Waals surface area contributed by atoms with Crippen molar-refractivity contribution in [2.75, 3.05) is 6.54 Å². The van der Waals surface area contributed by atoms with Gasteiger partial charge >= 0.3 is 0 Å². The number of carbonyl (C=O) groups excluding carboxylic acids is 1. The lowest BCUT2D eigenvalue weighted by atomic mass is 9.85. The topological polar surface area (TPSA) is 46.3 Å². The van der Waals surface area contributed by atoms with Gasteiger partial charge in [-0.1, -0.05) is 19.8 Å². The van der Waals surface area contributed by atoms with E-state index >= 15 is 0 Å².